The van der Waals surface area contributed by atoms with E-state index in [2.05, 4.69) is 30.6 Å². The molecule has 0 spiro atoms. The van der Waals surface area contributed by atoms with Crippen LogP contribution in [0.3, 0.4) is 0 Å². The van der Waals surface area contributed by atoms with Crippen LogP contribution in [0.1, 0.15) is 38.7 Å². The lowest BCUT2D eigenvalue weighted by atomic mass is 10.0. The molecule has 0 saturated heterocycles. The van der Waals surface area contributed by atoms with Crippen molar-refractivity contribution < 1.29 is 4.79 Å². The normalized spacial score (nSPS) is 11.1. The number of hydrogen-bond acceptors (Lipinski definition) is 5. The first-order valence-electron chi connectivity index (χ1n) is 7.93. The molecule has 0 amide bonds. The minimum Gasteiger partial charge on any atom is -0.352 e. The average Bonchev–Trinajstić information content (AvgIpc) is 3.22. The molecule has 7 nitrogen and oxygen atoms in total. The lowest BCUT2D eigenvalue weighted by Gasteiger charge is -2.03. The predicted molar refractivity (Wildman–Crippen MR) is 92.4 cm³/mol. The van der Waals surface area contributed by atoms with Crippen molar-refractivity contribution in [3.63, 3.8) is 0 Å². The van der Waals surface area contributed by atoms with Crippen molar-refractivity contribution in [2.75, 3.05) is 0 Å². The predicted octanol–water partition coefficient (Wildman–Crippen LogP) is 2.51. The van der Waals surface area contributed by atoms with E-state index in [0.717, 1.165) is 27.6 Å². The van der Waals surface area contributed by atoms with Crippen LogP contribution >= 0.6 is 0 Å². The topological polar surface area (TPSA) is 100 Å². The molecule has 124 valence electrons. The van der Waals surface area contributed by atoms with Gasteiger partial charge in [-0.2, -0.15) is 0 Å². The SMILES string of the molecule is Cc1ccnc(C(=O)c2[nH]c3cc(C)ccc3c2Cc2nnn[nH]2)c1. The van der Waals surface area contributed by atoms with E-state index < -0.39 is 0 Å². The van der Waals surface area contributed by atoms with Crippen LogP contribution in [-0.2, 0) is 6.42 Å². The molecule has 25 heavy (non-hydrogen) atoms. The zero-order valence-corrected chi connectivity index (χ0v) is 13.9. The van der Waals surface area contributed by atoms with Gasteiger partial charge in [-0.05, 0) is 59.2 Å². The quantitative estimate of drug-likeness (QED) is 0.559. The summed E-state index contributed by atoms with van der Waals surface area (Å²) >= 11 is 0. The summed E-state index contributed by atoms with van der Waals surface area (Å²) in [5, 5.41) is 14.9. The number of hydrogen-bond donors (Lipinski definition) is 2. The van der Waals surface area contributed by atoms with Crippen LogP contribution in [-0.4, -0.2) is 36.4 Å². The number of nitrogens with one attached hydrogen (secondary N) is 2. The van der Waals surface area contributed by atoms with Crippen LogP contribution in [0.2, 0.25) is 0 Å². The summed E-state index contributed by atoms with van der Waals surface area (Å²) in [6, 6.07) is 9.72. The Labute approximate surface area is 143 Å². The van der Waals surface area contributed by atoms with Gasteiger partial charge >= 0.3 is 0 Å². The molecule has 1 aromatic carbocycles. The fourth-order valence-corrected chi connectivity index (χ4v) is 2.96. The number of pyridine rings is 1. The molecule has 4 aromatic rings. The molecule has 0 atom stereocenters. The summed E-state index contributed by atoms with van der Waals surface area (Å²) in [5.41, 5.74) is 4.83. The van der Waals surface area contributed by atoms with Gasteiger partial charge in [0, 0.05) is 23.5 Å². The number of carbonyl (C=O) groups is 1. The number of ketones is 1. The lowest BCUT2D eigenvalue weighted by Crippen LogP contribution is -2.08. The second-order valence-electron chi connectivity index (χ2n) is 6.10. The summed E-state index contributed by atoms with van der Waals surface area (Å²) in [5.74, 6) is 0.466. The zero-order chi connectivity index (χ0) is 17.4. The summed E-state index contributed by atoms with van der Waals surface area (Å²) in [6.45, 7) is 3.96. The summed E-state index contributed by atoms with van der Waals surface area (Å²) < 4.78 is 0. The maximum Gasteiger partial charge on any atom is 0.227 e. The molecule has 7 heteroatoms. The van der Waals surface area contributed by atoms with Crippen LogP contribution in [0.5, 0.6) is 0 Å². The molecule has 0 radical (unpaired) electrons. The number of rotatable bonds is 4. The largest absolute Gasteiger partial charge is 0.352 e. The number of nitrogens with zero attached hydrogens (tertiary/aromatic N) is 4. The minimum absolute atomic E-state index is 0.139. The smallest absolute Gasteiger partial charge is 0.227 e. The number of tetrazole rings is 1. The molecule has 0 aliphatic heterocycles. The first-order valence-corrected chi connectivity index (χ1v) is 7.93. The highest BCUT2D eigenvalue weighted by Gasteiger charge is 2.21. The van der Waals surface area contributed by atoms with Gasteiger partial charge in [-0.25, -0.2) is 5.10 Å². The number of aryl methyl sites for hydroxylation is 2. The van der Waals surface area contributed by atoms with E-state index in [0.29, 0.717) is 23.6 Å². The fourth-order valence-electron chi connectivity index (χ4n) is 2.96. The number of H-pyrrole nitrogens is 2. The van der Waals surface area contributed by atoms with Gasteiger partial charge in [0.25, 0.3) is 0 Å². The second kappa shape index (κ2) is 5.94. The maximum absolute atomic E-state index is 13.0. The summed E-state index contributed by atoms with van der Waals surface area (Å²) in [7, 11) is 0. The maximum atomic E-state index is 13.0. The van der Waals surface area contributed by atoms with Gasteiger partial charge in [-0.15, -0.1) is 5.10 Å². The Hall–Kier alpha value is -3.35. The number of carbonyl (C=O) groups excluding carboxylic acids is 1. The van der Waals surface area contributed by atoms with E-state index in [9.17, 15) is 4.79 Å². The molecular formula is C18H16N6O. The first kappa shape index (κ1) is 15.2. The Bertz CT molecular complexity index is 1060. The Balaban J connectivity index is 1.88. The van der Waals surface area contributed by atoms with Gasteiger partial charge in [-0.1, -0.05) is 12.1 Å². The molecule has 2 N–H and O–H groups in total. The van der Waals surface area contributed by atoms with Crippen molar-refractivity contribution in [2.45, 2.75) is 20.3 Å². The molecule has 0 unspecified atom stereocenters. The fraction of sp³-hybridized carbons (Fsp3) is 0.167. The highest BCUT2D eigenvalue weighted by atomic mass is 16.1. The van der Waals surface area contributed by atoms with Crippen LogP contribution < -0.4 is 0 Å². The highest BCUT2D eigenvalue weighted by molar-refractivity contribution is 6.11. The van der Waals surface area contributed by atoms with Gasteiger partial charge in [0.05, 0.1) is 5.69 Å². The molecule has 0 fully saturated rings. The van der Waals surface area contributed by atoms with Gasteiger partial charge in [0.2, 0.25) is 5.78 Å². The van der Waals surface area contributed by atoms with E-state index in [1.54, 1.807) is 12.3 Å². The second-order valence-corrected chi connectivity index (χ2v) is 6.10. The lowest BCUT2D eigenvalue weighted by molar-refractivity contribution is 0.102. The molecule has 3 aromatic heterocycles. The number of benzene rings is 1. The Morgan fingerprint density at radius 3 is 2.72 bits per heavy atom. The Morgan fingerprint density at radius 2 is 1.96 bits per heavy atom. The third-order valence-electron chi connectivity index (χ3n) is 4.17. The van der Waals surface area contributed by atoms with Crippen LogP contribution in [0.15, 0.2) is 36.5 Å². The van der Waals surface area contributed by atoms with E-state index >= 15 is 0 Å². The van der Waals surface area contributed by atoms with Crippen LogP contribution in [0, 0.1) is 13.8 Å². The summed E-state index contributed by atoms with van der Waals surface area (Å²) in [6.07, 6.45) is 2.08. The number of fused-ring (bicyclic) bond motifs is 1. The average molecular weight is 332 g/mol. The molecule has 0 bridgehead atoms. The van der Waals surface area contributed by atoms with E-state index in [-0.39, 0.29) is 5.78 Å². The number of aromatic nitrogens is 6. The molecule has 3 heterocycles. The van der Waals surface area contributed by atoms with Gasteiger partial charge < -0.3 is 4.98 Å². The van der Waals surface area contributed by atoms with Crippen molar-refractivity contribution in [3.8, 4) is 0 Å². The molecule has 0 aliphatic carbocycles. The van der Waals surface area contributed by atoms with E-state index in [4.69, 9.17) is 0 Å². The summed E-state index contributed by atoms with van der Waals surface area (Å²) in [4.78, 5) is 20.5. The first-order chi connectivity index (χ1) is 12.1. The highest BCUT2D eigenvalue weighted by Crippen LogP contribution is 2.27. The van der Waals surface area contributed by atoms with E-state index in [1.165, 1.54) is 0 Å². The van der Waals surface area contributed by atoms with Crippen LogP contribution in [0.4, 0.5) is 0 Å². The third-order valence-corrected chi connectivity index (χ3v) is 4.17. The van der Waals surface area contributed by atoms with E-state index in [1.807, 2.05) is 38.1 Å². The van der Waals surface area contributed by atoms with Gasteiger partial charge in [0.1, 0.15) is 5.69 Å². The van der Waals surface area contributed by atoms with Gasteiger partial charge in [-0.3, -0.25) is 9.78 Å². The minimum atomic E-state index is -0.139. The van der Waals surface area contributed by atoms with Crippen molar-refractivity contribution in [1.82, 2.24) is 30.6 Å². The third kappa shape index (κ3) is 2.80. The Morgan fingerprint density at radius 1 is 1.12 bits per heavy atom. The van der Waals surface area contributed by atoms with Crippen molar-refractivity contribution >= 4 is 16.7 Å². The molecule has 0 aliphatic rings. The molecular weight excluding hydrogens is 316 g/mol. The Kier molecular flexibility index (Phi) is 3.61. The van der Waals surface area contributed by atoms with Crippen molar-refractivity contribution in [1.29, 1.82) is 0 Å². The van der Waals surface area contributed by atoms with Crippen molar-refractivity contribution in [3.05, 3.63) is 70.4 Å². The molecule has 0 saturated carbocycles. The number of aromatic amines is 2. The standard InChI is InChI=1S/C18H16N6O/c1-10-3-4-12-13(9-16-21-23-24-22-16)17(20-14(12)7-10)18(25)15-8-11(2)5-6-19-15/h3-8,20H,9H2,1-2H3,(H,21,22,23,24). The molecule has 4 rings (SSSR count). The van der Waals surface area contributed by atoms with Gasteiger partial charge in [0.15, 0.2) is 5.82 Å². The van der Waals surface area contributed by atoms with Crippen molar-refractivity contribution in [2.24, 2.45) is 0 Å². The monoisotopic (exact) mass is 332 g/mol. The van der Waals surface area contributed by atoms with Crippen LogP contribution in [0.25, 0.3) is 10.9 Å². The zero-order valence-electron chi connectivity index (χ0n) is 13.9.